The highest BCUT2D eigenvalue weighted by molar-refractivity contribution is 5.79. The Labute approximate surface area is 116 Å². The summed E-state index contributed by atoms with van der Waals surface area (Å²) in [7, 11) is 0. The van der Waals surface area contributed by atoms with Crippen LogP contribution in [0.3, 0.4) is 0 Å². The number of carbonyl (C=O) groups is 1. The molecule has 1 saturated carbocycles. The summed E-state index contributed by atoms with van der Waals surface area (Å²) in [4.78, 5) is 10.7. The molecule has 0 aromatic rings. The molecule has 0 radical (unpaired) electrons. The van der Waals surface area contributed by atoms with Crippen molar-refractivity contribution >= 4 is 5.78 Å². The van der Waals surface area contributed by atoms with Gasteiger partial charge in [0.15, 0.2) is 0 Å². The zero-order valence-electron chi connectivity index (χ0n) is 10.1. The Bertz CT molecular complexity index is 184. The van der Waals surface area contributed by atoms with Gasteiger partial charge < -0.3 is 4.74 Å². The molecule has 2 atom stereocenters. The number of ether oxygens (including phenoxy) is 1. The summed E-state index contributed by atoms with van der Waals surface area (Å²) in [6.07, 6.45) is 8.48. The molecule has 2 nitrogen and oxygen atoms in total. The van der Waals surface area contributed by atoms with Gasteiger partial charge in [-0.1, -0.05) is 29.2 Å². The third kappa shape index (κ3) is 10.8. The summed E-state index contributed by atoms with van der Waals surface area (Å²) in [5.41, 5.74) is 0. The van der Waals surface area contributed by atoms with Crippen LogP contribution in [0.4, 0.5) is 0 Å². The van der Waals surface area contributed by atoms with Crippen LogP contribution in [0.2, 0.25) is 0 Å². The fourth-order valence-corrected chi connectivity index (χ4v) is 2.14. The molecule has 18 heavy (non-hydrogen) atoms. The van der Waals surface area contributed by atoms with Crippen LogP contribution in [-0.4, -0.2) is 18.5 Å². The molecule has 1 saturated heterocycles. The number of Topliss-reactive ketones (excluding diaryl/α,β-unsaturated/α-hetero) is 1. The Balaban J connectivity index is -0.000000215. The summed E-state index contributed by atoms with van der Waals surface area (Å²) < 4.78 is 5.28. The molecule has 0 bridgehead atoms. The minimum absolute atomic E-state index is 0. The summed E-state index contributed by atoms with van der Waals surface area (Å²) >= 11 is 0. The monoisotopic (exact) mass is 260 g/mol. The summed E-state index contributed by atoms with van der Waals surface area (Å²) in [5, 5.41) is 0. The molecule has 2 aliphatic rings. The fraction of sp³-hybridized carbons (Fsp3) is 0.938. The quantitative estimate of drug-likeness (QED) is 0.594. The van der Waals surface area contributed by atoms with Gasteiger partial charge in [0.25, 0.3) is 0 Å². The van der Waals surface area contributed by atoms with E-state index >= 15 is 0 Å². The van der Waals surface area contributed by atoms with Gasteiger partial charge in [-0.3, -0.25) is 4.79 Å². The zero-order chi connectivity index (χ0) is 11.1. The van der Waals surface area contributed by atoms with Gasteiger partial charge in [-0.05, 0) is 44.9 Å². The van der Waals surface area contributed by atoms with Crippen LogP contribution >= 0.6 is 0 Å². The number of rotatable bonds is 0. The molecule has 0 amide bonds. The minimum atomic E-state index is 0. The van der Waals surface area contributed by atoms with Gasteiger partial charge in [0, 0.05) is 19.4 Å². The van der Waals surface area contributed by atoms with E-state index in [0.717, 1.165) is 25.9 Å². The zero-order valence-corrected chi connectivity index (χ0v) is 10.1. The molecule has 2 heteroatoms. The number of hydrogen-bond donors (Lipinski definition) is 0. The normalized spacial score (nSPS) is 26.4. The Morgan fingerprint density at radius 3 is 1.94 bits per heavy atom. The van der Waals surface area contributed by atoms with Gasteiger partial charge in [-0.25, -0.2) is 0 Å². The SMILES string of the molecule is C.C.C.CC1CCCC(=O)C1.CC1CCCCO1. The lowest BCUT2D eigenvalue weighted by molar-refractivity contribution is -0.121. The standard InChI is InChI=1S/C7H12O.C6H12O.3CH4/c1-6-3-2-4-7(8)5-6;1-6-4-2-3-5-7-6;;;/h6H,2-5H2,1H3;6H,2-5H2,1H3;3*1H4. The molecule has 2 rings (SSSR count). The van der Waals surface area contributed by atoms with E-state index in [9.17, 15) is 4.79 Å². The van der Waals surface area contributed by atoms with E-state index in [-0.39, 0.29) is 22.3 Å². The first-order chi connectivity index (χ1) is 7.18. The smallest absolute Gasteiger partial charge is 0.133 e. The second kappa shape index (κ2) is 13.1. The Morgan fingerprint density at radius 2 is 1.67 bits per heavy atom. The summed E-state index contributed by atoms with van der Waals surface area (Å²) in [5.74, 6) is 1.12. The van der Waals surface area contributed by atoms with Crippen LogP contribution in [0, 0.1) is 5.92 Å². The fourth-order valence-electron chi connectivity index (χ4n) is 2.14. The van der Waals surface area contributed by atoms with E-state index < -0.39 is 0 Å². The van der Waals surface area contributed by atoms with Crippen molar-refractivity contribution in [3.8, 4) is 0 Å². The van der Waals surface area contributed by atoms with E-state index in [1.165, 1.54) is 25.7 Å². The maximum absolute atomic E-state index is 10.7. The third-order valence-corrected chi connectivity index (χ3v) is 3.14. The van der Waals surface area contributed by atoms with Crippen molar-refractivity contribution in [3.05, 3.63) is 0 Å². The average molecular weight is 260 g/mol. The summed E-state index contributed by atoms with van der Waals surface area (Å²) in [6, 6.07) is 0. The van der Waals surface area contributed by atoms with Crippen LogP contribution < -0.4 is 0 Å². The van der Waals surface area contributed by atoms with Crippen molar-refractivity contribution in [2.24, 2.45) is 5.92 Å². The third-order valence-electron chi connectivity index (χ3n) is 3.14. The van der Waals surface area contributed by atoms with Crippen molar-refractivity contribution in [3.63, 3.8) is 0 Å². The molecule has 1 aliphatic heterocycles. The van der Waals surface area contributed by atoms with Crippen LogP contribution in [0.15, 0.2) is 0 Å². The van der Waals surface area contributed by atoms with E-state index in [4.69, 9.17) is 4.74 Å². The molecule has 0 aromatic heterocycles. The number of carbonyl (C=O) groups excluding carboxylic acids is 1. The molecule has 0 spiro atoms. The van der Waals surface area contributed by atoms with Crippen LogP contribution in [-0.2, 0) is 9.53 Å². The molecular formula is C16H36O2. The van der Waals surface area contributed by atoms with Gasteiger partial charge in [0.2, 0.25) is 0 Å². The van der Waals surface area contributed by atoms with Gasteiger partial charge >= 0.3 is 0 Å². The molecule has 1 aliphatic carbocycles. The van der Waals surface area contributed by atoms with Crippen molar-refractivity contribution in [2.75, 3.05) is 6.61 Å². The maximum Gasteiger partial charge on any atom is 0.133 e. The lowest BCUT2D eigenvalue weighted by Crippen LogP contribution is -2.14. The highest BCUT2D eigenvalue weighted by Gasteiger charge is 2.14. The maximum atomic E-state index is 10.7. The van der Waals surface area contributed by atoms with E-state index in [0.29, 0.717) is 17.8 Å². The largest absolute Gasteiger partial charge is 0.379 e. The summed E-state index contributed by atoms with van der Waals surface area (Å²) in [6.45, 7) is 5.28. The van der Waals surface area contributed by atoms with Crippen LogP contribution in [0.5, 0.6) is 0 Å². The second-order valence-corrected chi connectivity index (χ2v) is 4.92. The first kappa shape index (κ1) is 22.8. The second-order valence-electron chi connectivity index (χ2n) is 4.92. The van der Waals surface area contributed by atoms with E-state index in [2.05, 4.69) is 13.8 Å². The molecule has 0 aromatic carbocycles. The van der Waals surface area contributed by atoms with Crippen molar-refractivity contribution in [2.45, 2.75) is 87.2 Å². The Morgan fingerprint density at radius 1 is 1.00 bits per heavy atom. The van der Waals surface area contributed by atoms with Gasteiger partial charge in [-0.15, -0.1) is 0 Å². The molecule has 1 heterocycles. The molecule has 2 fully saturated rings. The van der Waals surface area contributed by atoms with Crippen molar-refractivity contribution in [1.29, 1.82) is 0 Å². The molecule has 2 unspecified atom stereocenters. The lowest BCUT2D eigenvalue weighted by Gasteiger charge is -2.17. The van der Waals surface area contributed by atoms with Crippen molar-refractivity contribution in [1.82, 2.24) is 0 Å². The Kier molecular flexibility index (Phi) is 16.5. The highest BCUT2D eigenvalue weighted by atomic mass is 16.5. The van der Waals surface area contributed by atoms with E-state index in [1.54, 1.807) is 0 Å². The number of ketones is 1. The first-order valence-electron chi connectivity index (χ1n) is 6.32. The highest BCUT2D eigenvalue weighted by Crippen LogP contribution is 2.19. The first-order valence-corrected chi connectivity index (χ1v) is 6.32. The van der Waals surface area contributed by atoms with Gasteiger partial charge in [0.1, 0.15) is 5.78 Å². The lowest BCUT2D eigenvalue weighted by atomic mass is 9.90. The Hall–Kier alpha value is -0.370. The van der Waals surface area contributed by atoms with Crippen LogP contribution in [0.1, 0.15) is 81.1 Å². The average Bonchev–Trinajstić information content (AvgIpc) is 2.19. The van der Waals surface area contributed by atoms with Crippen molar-refractivity contribution < 1.29 is 9.53 Å². The predicted molar refractivity (Wildman–Crippen MR) is 82.1 cm³/mol. The van der Waals surface area contributed by atoms with Gasteiger partial charge in [-0.2, -0.15) is 0 Å². The predicted octanol–water partition coefficient (Wildman–Crippen LogP) is 5.25. The van der Waals surface area contributed by atoms with Gasteiger partial charge in [0.05, 0.1) is 6.10 Å². The topological polar surface area (TPSA) is 26.3 Å². The minimum Gasteiger partial charge on any atom is -0.379 e. The molecular weight excluding hydrogens is 224 g/mol. The molecule has 112 valence electrons. The molecule has 0 N–H and O–H groups in total. The van der Waals surface area contributed by atoms with E-state index in [1.807, 2.05) is 0 Å². The van der Waals surface area contributed by atoms with Crippen LogP contribution in [0.25, 0.3) is 0 Å². The number of hydrogen-bond acceptors (Lipinski definition) is 2.